The largest absolute Gasteiger partial charge is 0.416 e. The maximum absolute atomic E-state index is 14.4. The summed E-state index contributed by atoms with van der Waals surface area (Å²) in [6.45, 7) is 4.00. The van der Waals surface area contributed by atoms with Crippen molar-refractivity contribution in [2.24, 2.45) is 0 Å². The van der Waals surface area contributed by atoms with Crippen molar-refractivity contribution in [3.8, 4) is 10.4 Å². The van der Waals surface area contributed by atoms with Crippen LogP contribution < -0.4 is 5.32 Å². The highest BCUT2D eigenvalue weighted by Gasteiger charge is 2.31. The van der Waals surface area contributed by atoms with E-state index in [-0.39, 0.29) is 32.5 Å². The van der Waals surface area contributed by atoms with Crippen LogP contribution in [0, 0.1) is 11.6 Å². The van der Waals surface area contributed by atoms with Gasteiger partial charge >= 0.3 is 6.18 Å². The zero-order valence-corrected chi connectivity index (χ0v) is 19.8. The van der Waals surface area contributed by atoms with Gasteiger partial charge in [-0.1, -0.05) is 43.4 Å². The predicted octanol–water partition coefficient (Wildman–Crippen LogP) is 8.52. The number of rotatable bonds is 5. The average molecular weight is 515 g/mol. The second-order valence-electron chi connectivity index (χ2n) is 7.10. The molecule has 2 aromatic carbocycles. The fourth-order valence-electron chi connectivity index (χ4n) is 3.31. The minimum atomic E-state index is -4.57. The number of carbonyl (C=O) groups excluding carboxylic acids is 1. The predicted molar refractivity (Wildman–Crippen MR) is 125 cm³/mol. The van der Waals surface area contributed by atoms with Crippen molar-refractivity contribution in [1.29, 1.82) is 0 Å². The molecule has 1 heterocycles. The molecule has 0 bridgehead atoms. The molecule has 34 heavy (non-hydrogen) atoms. The molecule has 0 atom stereocenters. The number of anilines is 1. The third-order valence-electron chi connectivity index (χ3n) is 5.02. The van der Waals surface area contributed by atoms with Gasteiger partial charge in [-0.2, -0.15) is 13.2 Å². The van der Waals surface area contributed by atoms with Gasteiger partial charge in [-0.3, -0.25) is 4.79 Å². The van der Waals surface area contributed by atoms with E-state index in [2.05, 4.69) is 10.3 Å². The molecule has 4 rings (SSSR count). The van der Waals surface area contributed by atoms with Gasteiger partial charge in [0, 0.05) is 0 Å². The molecule has 10 heteroatoms. The number of benzene rings is 2. The molecule has 0 amide bonds. The number of halogens is 6. The summed E-state index contributed by atoms with van der Waals surface area (Å²) in [7, 11) is 0. The van der Waals surface area contributed by atoms with Gasteiger partial charge in [-0.05, 0) is 66.3 Å². The number of carbonyl (C=O) groups is 1. The Balaban J connectivity index is 0.00000158. The first-order valence-corrected chi connectivity index (χ1v) is 11.7. The highest BCUT2D eigenvalue weighted by atomic mass is 35.5. The van der Waals surface area contributed by atoms with Gasteiger partial charge in [-0.25, -0.2) is 13.8 Å². The zero-order chi connectivity index (χ0) is 25.0. The molecule has 1 N–H and O–H groups in total. The lowest BCUT2D eigenvalue weighted by atomic mass is 9.88. The smallest absolute Gasteiger partial charge is 0.331 e. The highest BCUT2D eigenvalue weighted by molar-refractivity contribution is 7.19. The van der Waals surface area contributed by atoms with E-state index in [0.29, 0.717) is 12.8 Å². The maximum atomic E-state index is 14.4. The third kappa shape index (κ3) is 5.47. The first-order chi connectivity index (χ1) is 16.1. The van der Waals surface area contributed by atoms with Crippen LogP contribution in [0.15, 0.2) is 48.0 Å². The Kier molecular flexibility index (Phi) is 8.09. The van der Waals surface area contributed by atoms with Crippen molar-refractivity contribution in [3.05, 3.63) is 76.5 Å². The Hall–Kier alpha value is -2.78. The van der Waals surface area contributed by atoms with Gasteiger partial charge in [0.1, 0.15) is 17.3 Å². The summed E-state index contributed by atoms with van der Waals surface area (Å²) < 4.78 is 68.3. The quantitative estimate of drug-likeness (QED) is 0.274. The van der Waals surface area contributed by atoms with E-state index in [1.165, 1.54) is 18.2 Å². The molecule has 1 aliphatic carbocycles. The standard InChI is InChI=1S/C22H14ClF5N2OS.C2H6/c23-20(31)18-19(12-6-2-7-13(10-12)22(26,27)28)32-21(30-18)29-17(11-4-1-5-11)16-14(24)8-3-9-15(16)25;1-2/h2-3,6-10H,1,4-5H2,(H,29,30);1-2H3. The summed E-state index contributed by atoms with van der Waals surface area (Å²) in [6.07, 6.45) is -2.46. The first kappa shape index (κ1) is 25.8. The van der Waals surface area contributed by atoms with Crippen LogP contribution in [0.3, 0.4) is 0 Å². The Morgan fingerprint density at radius 2 is 1.68 bits per heavy atom. The van der Waals surface area contributed by atoms with Crippen LogP contribution in [0.2, 0.25) is 0 Å². The molecule has 0 unspecified atom stereocenters. The minimum absolute atomic E-state index is 0.0819. The van der Waals surface area contributed by atoms with Crippen molar-refractivity contribution >= 4 is 39.0 Å². The van der Waals surface area contributed by atoms with Crippen molar-refractivity contribution in [1.82, 2.24) is 4.98 Å². The van der Waals surface area contributed by atoms with E-state index in [9.17, 15) is 26.7 Å². The fourth-order valence-corrected chi connectivity index (χ4v) is 4.47. The van der Waals surface area contributed by atoms with Crippen LogP contribution >= 0.6 is 22.9 Å². The Bertz CT molecular complexity index is 1210. The molecule has 3 nitrogen and oxygen atoms in total. The van der Waals surface area contributed by atoms with E-state index in [0.717, 1.165) is 47.6 Å². The number of nitrogens with one attached hydrogen (secondary N) is 1. The monoisotopic (exact) mass is 514 g/mol. The van der Waals surface area contributed by atoms with Gasteiger partial charge in [0.05, 0.1) is 21.7 Å². The van der Waals surface area contributed by atoms with Gasteiger partial charge in [-0.15, -0.1) is 0 Å². The lowest BCUT2D eigenvalue weighted by Crippen LogP contribution is -2.11. The highest BCUT2D eigenvalue weighted by Crippen LogP contribution is 2.41. The van der Waals surface area contributed by atoms with Crippen LogP contribution in [0.4, 0.5) is 27.1 Å². The normalized spacial score (nSPS) is 13.0. The van der Waals surface area contributed by atoms with Crippen LogP contribution in [0.5, 0.6) is 0 Å². The molecular formula is C24H20ClF5N2OS. The molecule has 0 saturated heterocycles. The number of allylic oxidation sites excluding steroid dienone is 1. The number of hydrogen-bond donors (Lipinski definition) is 1. The second kappa shape index (κ2) is 10.7. The molecule has 1 aromatic heterocycles. The second-order valence-corrected chi connectivity index (χ2v) is 8.45. The van der Waals surface area contributed by atoms with E-state index < -0.39 is 28.6 Å². The maximum Gasteiger partial charge on any atom is 0.416 e. The Labute approximate surface area is 202 Å². The number of alkyl halides is 3. The molecule has 0 aliphatic heterocycles. The number of aromatic nitrogens is 1. The van der Waals surface area contributed by atoms with E-state index in [4.69, 9.17) is 11.6 Å². The SMILES string of the molecule is CC.O=C(Cl)c1nc(NC(=C2CCC2)c2c(F)cccc2F)sc1-c1cccc(C(F)(F)F)c1. The van der Waals surface area contributed by atoms with Crippen molar-refractivity contribution < 1.29 is 26.7 Å². The summed E-state index contributed by atoms with van der Waals surface area (Å²) in [5, 5.41) is 2.00. The lowest BCUT2D eigenvalue weighted by Gasteiger charge is -2.23. The topological polar surface area (TPSA) is 42.0 Å². The summed E-state index contributed by atoms with van der Waals surface area (Å²) in [4.78, 5) is 16.2. The van der Waals surface area contributed by atoms with Crippen molar-refractivity contribution in [2.75, 3.05) is 5.32 Å². The summed E-state index contributed by atoms with van der Waals surface area (Å²) >= 11 is 6.50. The number of thiazole rings is 1. The molecule has 1 saturated carbocycles. The van der Waals surface area contributed by atoms with Gasteiger partial charge in [0.2, 0.25) is 0 Å². The van der Waals surface area contributed by atoms with E-state index >= 15 is 0 Å². The first-order valence-electron chi connectivity index (χ1n) is 10.5. The van der Waals surface area contributed by atoms with E-state index in [1.54, 1.807) is 0 Å². The van der Waals surface area contributed by atoms with Crippen LogP contribution in [0.1, 0.15) is 54.7 Å². The number of nitrogens with zero attached hydrogens (tertiary/aromatic N) is 1. The van der Waals surface area contributed by atoms with Crippen LogP contribution in [-0.4, -0.2) is 10.2 Å². The Morgan fingerprint density at radius 3 is 2.21 bits per heavy atom. The molecule has 180 valence electrons. The molecular weight excluding hydrogens is 495 g/mol. The van der Waals surface area contributed by atoms with Gasteiger partial charge in [0.15, 0.2) is 5.13 Å². The zero-order valence-electron chi connectivity index (χ0n) is 18.2. The Morgan fingerprint density at radius 1 is 1.06 bits per heavy atom. The molecule has 0 radical (unpaired) electrons. The summed E-state index contributed by atoms with van der Waals surface area (Å²) in [6, 6.07) is 7.92. The van der Waals surface area contributed by atoms with Gasteiger partial charge < -0.3 is 5.32 Å². The van der Waals surface area contributed by atoms with Crippen LogP contribution in [0.25, 0.3) is 16.1 Å². The van der Waals surface area contributed by atoms with Crippen molar-refractivity contribution in [3.63, 3.8) is 0 Å². The third-order valence-corrected chi connectivity index (χ3v) is 6.22. The minimum Gasteiger partial charge on any atom is -0.331 e. The number of hydrogen-bond acceptors (Lipinski definition) is 4. The average Bonchev–Trinajstić information content (AvgIpc) is 3.18. The van der Waals surface area contributed by atoms with Crippen LogP contribution in [-0.2, 0) is 6.18 Å². The lowest BCUT2D eigenvalue weighted by molar-refractivity contribution is -0.137. The molecule has 1 aliphatic rings. The van der Waals surface area contributed by atoms with E-state index in [1.807, 2.05) is 13.8 Å². The fraction of sp³-hybridized carbons (Fsp3) is 0.250. The van der Waals surface area contributed by atoms with Crippen molar-refractivity contribution in [2.45, 2.75) is 39.3 Å². The summed E-state index contributed by atoms with van der Waals surface area (Å²) in [5.41, 5.74) is -0.309. The molecule has 0 spiro atoms. The van der Waals surface area contributed by atoms with Gasteiger partial charge in [0.25, 0.3) is 5.24 Å². The molecule has 1 fully saturated rings. The summed E-state index contributed by atoms with van der Waals surface area (Å²) in [5.74, 6) is -1.54. The molecule has 3 aromatic rings.